The van der Waals surface area contributed by atoms with Crippen LogP contribution in [-0.4, -0.2) is 0 Å². The highest BCUT2D eigenvalue weighted by molar-refractivity contribution is 6.08. The Morgan fingerprint density at radius 1 is 0.306 bits per heavy atom. The van der Waals surface area contributed by atoms with Crippen molar-refractivity contribution in [3.63, 3.8) is 0 Å². The molecule has 3 nitrogen and oxygen atoms in total. The van der Waals surface area contributed by atoms with E-state index in [1.54, 1.807) is 0 Å². The van der Waals surface area contributed by atoms with E-state index in [0.717, 1.165) is 56.1 Å². The predicted octanol–water partition coefficient (Wildman–Crippen LogP) is 16.0. The van der Waals surface area contributed by atoms with E-state index in [4.69, 9.17) is 4.42 Å². The van der Waals surface area contributed by atoms with Crippen LogP contribution in [0.25, 0.3) is 55.0 Å². The van der Waals surface area contributed by atoms with E-state index >= 15 is 0 Å². The van der Waals surface area contributed by atoms with Crippen molar-refractivity contribution in [2.24, 2.45) is 0 Å². The third kappa shape index (κ3) is 4.88. The zero-order chi connectivity index (χ0) is 40.8. The first kappa shape index (κ1) is 34.7. The number of fused-ring (bicyclic) bond motifs is 14. The first-order valence-electron chi connectivity index (χ1n) is 21.3. The van der Waals surface area contributed by atoms with Gasteiger partial charge in [-0.25, -0.2) is 0 Å². The molecule has 0 saturated carbocycles. The summed E-state index contributed by atoms with van der Waals surface area (Å²) in [6.45, 7) is 0. The molecule has 13 rings (SSSR count). The maximum absolute atomic E-state index is 6.36. The van der Waals surface area contributed by atoms with Gasteiger partial charge in [0.1, 0.15) is 11.2 Å². The summed E-state index contributed by atoms with van der Waals surface area (Å²) in [5.41, 5.74) is 18.1. The van der Waals surface area contributed by atoms with E-state index in [9.17, 15) is 0 Å². The van der Waals surface area contributed by atoms with Crippen LogP contribution < -0.4 is 9.80 Å². The van der Waals surface area contributed by atoms with Gasteiger partial charge in [0.25, 0.3) is 0 Å². The Labute approximate surface area is 360 Å². The van der Waals surface area contributed by atoms with Gasteiger partial charge >= 0.3 is 0 Å². The number of nitrogens with zero attached hydrogens (tertiary/aromatic N) is 2. The summed E-state index contributed by atoms with van der Waals surface area (Å²) in [5.74, 6) is 0. The van der Waals surface area contributed by atoms with Crippen molar-refractivity contribution in [1.82, 2.24) is 0 Å². The highest BCUT2D eigenvalue weighted by atomic mass is 16.3. The van der Waals surface area contributed by atoms with Gasteiger partial charge in [-0.3, -0.25) is 0 Å². The van der Waals surface area contributed by atoms with Gasteiger partial charge in [-0.1, -0.05) is 158 Å². The SMILES string of the molecule is c1ccc(N(c2ccc3oc4ccccc4c3c2)c2cccc3c2-c2cc(N(c4ccccc4)c4cccc5ccccc45)ccc2C32c3ccccc3-c3ccccc32)cc1. The van der Waals surface area contributed by atoms with Gasteiger partial charge in [-0.15, -0.1) is 0 Å². The normalized spacial score (nSPS) is 13.0. The highest BCUT2D eigenvalue weighted by Gasteiger charge is 2.52. The smallest absolute Gasteiger partial charge is 0.135 e. The van der Waals surface area contributed by atoms with Crippen molar-refractivity contribution >= 4 is 66.8 Å². The number of rotatable bonds is 6. The van der Waals surface area contributed by atoms with E-state index in [0.29, 0.717) is 0 Å². The topological polar surface area (TPSA) is 19.6 Å². The molecule has 0 radical (unpaired) electrons. The average Bonchev–Trinajstić information content (AvgIpc) is 3.97. The number of hydrogen-bond donors (Lipinski definition) is 0. The number of anilines is 6. The Balaban J connectivity index is 1.13. The van der Waals surface area contributed by atoms with Crippen LogP contribution in [0.3, 0.4) is 0 Å². The van der Waals surface area contributed by atoms with E-state index in [-0.39, 0.29) is 0 Å². The van der Waals surface area contributed by atoms with E-state index in [1.165, 1.54) is 55.3 Å². The minimum Gasteiger partial charge on any atom is -0.456 e. The molecule has 0 atom stereocenters. The third-order valence-electron chi connectivity index (χ3n) is 13.2. The van der Waals surface area contributed by atoms with Crippen molar-refractivity contribution in [2.75, 3.05) is 9.80 Å². The summed E-state index contributed by atoms with van der Waals surface area (Å²) in [6.07, 6.45) is 0. The van der Waals surface area contributed by atoms with Crippen LogP contribution in [-0.2, 0) is 5.41 Å². The lowest BCUT2D eigenvalue weighted by Gasteiger charge is -2.32. The molecule has 2 aliphatic carbocycles. The summed E-state index contributed by atoms with van der Waals surface area (Å²) >= 11 is 0. The zero-order valence-electron chi connectivity index (χ0n) is 33.7. The first-order chi connectivity index (χ1) is 30.8. The fourth-order valence-electron chi connectivity index (χ4n) is 10.8. The molecule has 1 heterocycles. The van der Waals surface area contributed by atoms with Crippen LogP contribution in [0.4, 0.5) is 34.1 Å². The molecule has 3 heteroatoms. The molecule has 62 heavy (non-hydrogen) atoms. The molecule has 0 saturated heterocycles. The molecule has 10 aromatic carbocycles. The Bertz CT molecular complexity index is 3500. The van der Waals surface area contributed by atoms with Crippen molar-refractivity contribution in [3.05, 3.63) is 253 Å². The second kappa shape index (κ2) is 13.4. The summed E-state index contributed by atoms with van der Waals surface area (Å²) in [6, 6.07) is 84.2. The van der Waals surface area contributed by atoms with Crippen molar-refractivity contribution < 1.29 is 4.42 Å². The average molecular weight is 791 g/mol. The van der Waals surface area contributed by atoms with Gasteiger partial charge < -0.3 is 14.2 Å². The number of benzene rings is 10. The van der Waals surface area contributed by atoms with Crippen LogP contribution in [0.2, 0.25) is 0 Å². The lowest BCUT2D eigenvalue weighted by atomic mass is 9.70. The second-order valence-corrected chi connectivity index (χ2v) is 16.4. The molecule has 2 aliphatic rings. The number of hydrogen-bond acceptors (Lipinski definition) is 3. The highest BCUT2D eigenvalue weighted by Crippen LogP contribution is 2.65. The van der Waals surface area contributed by atoms with E-state index < -0.39 is 5.41 Å². The molecule has 0 unspecified atom stereocenters. The number of para-hydroxylation sites is 3. The molecule has 0 bridgehead atoms. The van der Waals surface area contributed by atoms with Gasteiger partial charge in [0.2, 0.25) is 0 Å². The van der Waals surface area contributed by atoms with E-state index in [1.807, 2.05) is 6.07 Å². The van der Waals surface area contributed by atoms with E-state index in [2.05, 4.69) is 234 Å². The van der Waals surface area contributed by atoms with Crippen LogP contribution in [0.5, 0.6) is 0 Å². The van der Waals surface area contributed by atoms with Crippen LogP contribution in [0.15, 0.2) is 235 Å². The van der Waals surface area contributed by atoms with Crippen LogP contribution >= 0.6 is 0 Å². The van der Waals surface area contributed by atoms with Gasteiger partial charge in [0.05, 0.1) is 16.8 Å². The molecule has 1 spiro atoms. The minimum atomic E-state index is -0.531. The summed E-state index contributed by atoms with van der Waals surface area (Å²) in [5, 5.41) is 4.61. The Morgan fingerprint density at radius 3 is 1.58 bits per heavy atom. The first-order valence-corrected chi connectivity index (χ1v) is 21.3. The van der Waals surface area contributed by atoms with Gasteiger partial charge in [0, 0.05) is 44.5 Å². The maximum Gasteiger partial charge on any atom is 0.135 e. The molecule has 1 aromatic heterocycles. The fourth-order valence-corrected chi connectivity index (χ4v) is 10.8. The summed E-state index contributed by atoms with van der Waals surface area (Å²) in [7, 11) is 0. The number of furan rings is 1. The lowest BCUT2D eigenvalue weighted by molar-refractivity contribution is 0.669. The molecular formula is C59H38N2O. The molecule has 0 amide bonds. The largest absolute Gasteiger partial charge is 0.456 e. The molecule has 290 valence electrons. The second-order valence-electron chi connectivity index (χ2n) is 16.4. The molecule has 0 N–H and O–H groups in total. The predicted molar refractivity (Wildman–Crippen MR) is 257 cm³/mol. The van der Waals surface area contributed by atoms with Gasteiger partial charge in [-0.2, -0.15) is 0 Å². The minimum absolute atomic E-state index is 0.531. The fraction of sp³-hybridized carbons (Fsp3) is 0.0169. The van der Waals surface area contributed by atoms with Crippen LogP contribution in [0, 0.1) is 0 Å². The Hall–Kier alpha value is -8.14. The summed E-state index contributed by atoms with van der Waals surface area (Å²) < 4.78 is 6.36. The quantitative estimate of drug-likeness (QED) is 0.167. The zero-order valence-corrected chi connectivity index (χ0v) is 33.7. The van der Waals surface area contributed by atoms with Gasteiger partial charge in [0.15, 0.2) is 0 Å². The van der Waals surface area contributed by atoms with Crippen molar-refractivity contribution in [2.45, 2.75) is 5.41 Å². The third-order valence-corrected chi connectivity index (χ3v) is 13.2. The van der Waals surface area contributed by atoms with Crippen LogP contribution in [0.1, 0.15) is 22.3 Å². The molecule has 0 aliphatic heterocycles. The molecular weight excluding hydrogens is 753 g/mol. The molecule has 0 fully saturated rings. The summed E-state index contributed by atoms with van der Waals surface area (Å²) in [4.78, 5) is 4.88. The standard InChI is InChI=1S/C59H38N2O/c1-3-19-40(20-4-1)60(54-30-15-18-39-17-7-8-23-44(39)54)42-33-35-52-49(38-42)58-53(59(52)50-27-12-9-24-45(50)46-25-10-13-28-51(46)59)29-16-31-55(58)61(41-21-5-2-6-22-41)43-34-36-57-48(37-43)47-26-11-14-32-56(47)62-57/h1-38H. The Morgan fingerprint density at radius 2 is 0.823 bits per heavy atom. The van der Waals surface area contributed by atoms with Gasteiger partial charge in [-0.05, 0) is 117 Å². The molecule has 11 aromatic rings. The van der Waals surface area contributed by atoms with Crippen molar-refractivity contribution in [3.8, 4) is 22.3 Å². The Kier molecular flexibility index (Phi) is 7.52. The lowest BCUT2D eigenvalue weighted by Crippen LogP contribution is -2.26. The van der Waals surface area contributed by atoms with Crippen molar-refractivity contribution in [1.29, 1.82) is 0 Å². The monoisotopic (exact) mass is 790 g/mol. The maximum atomic E-state index is 6.36.